The van der Waals surface area contributed by atoms with E-state index in [1.807, 2.05) is 20.8 Å². The molecule has 2 unspecified atom stereocenters. The second kappa shape index (κ2) is 5.79. The Hall–Kier alpha value is -0.770. The van der Waals surface area contributed by atoms with Gasteiger partial charge < -0.3 is 10.1 Å². The molecule has 0 bridgehead atoms. The fraction of sp³-hybridized carbons (Fsp3) is 0.941. The van der Waals surface area contributed by atoms with Crippen LogP contribution in [0.2, 0.25) is 0 Å². The van der Waals surface area contributed by atoms with Crippen LogP contribution in [0.15, 0.2) is 0 Å². The van der Waals surface area contributed by atoms with Gasteiger partial charge in [0.1, 0.15) is 5.60 Å². The maximum Gasteiger partial charge on any atom is 0.407 e. The Morgan fingerprint density at radius 2 is 1.86 bits per heavy atom. The van der Waals surface area contributed by atoms with E-state index in [-0.39, 0.29) is 12.1 Å². The first-order valence-electron chi connectivity index (χ1n) is 8.62. The number of rotatable bonds is 4. The molecule has 2 aliphatic carbocycles. The van der Waals surface area contributed by atoms with Gasteiger partial charge in [0.05, 0.1) is 0 Å². The zero-order valence-corrected chi connectivity index (χ0v) is 13.7. The van der Waals surface area contributed by atoms with E-state index in [0.717, 1.165) is 30.8 Å². The molecular formula is C17H30N2O2. The van der Waals surface area contributed by atoms with Crippen molar-refractivity contribution < 1.29 is 9.53 Å². The van der Waals surface area contributed by atoms with Gasteiger partial charge in [-0.2, -0.15) is 0 Å². The van der Waals surface area contributed by atoms with E-state index in [2.05, 4.69) is 10.2 Å². The molecule has 0 aromatic rings. The van der Waals surface area contributed by atoms with Crippen molar-refractivity contribution in [1.82, 2.24) is 10.2 Å². The average molecular weight is 294 g/mol. The van der Waals surface area contributed by atoms with Crippen LogP contribution in [0.25, 0.3) is 0 Å². The van der Waals surface area contributed by atoms with Gasteiger partial charge in [-0.15, -0.1) is 0 Å². The zero-order chi connectivity index (χ0) is 15.0. The van der Waals surface area contributed by atoms with Crippen molar-refractivity contribution in [2.24, 2.45) is 11.8 Å². The number of alkyl carbamates (subject to hydrolysis) is 1. The maximum atomic E-state index is 12.0. The van der Waals surface area contributed by atoms with Gasteiger partial charge in [0.25, 0.3) is 0 Å². The third kappa shape index (κ3) is 4.87. The van der Waals surface area contributed by atoms with Gasteiger partial charge in [-0.25, -0.2) is 4.79 Å². The summed E-state index contributed by atoms with van der Waals surface area (Å²) in [4.78, 5) is 14.6. The molecule has 4 nitrogen and oxygen atoms in total. The van der Waals surface area contributed by atoms with Crippen LogP contribution in [-0.4, -0.2) is 41.8 Å². The SMILES string of the molecule is CC(C)(C)OC(=O)NC1CC(CC2CC2)CN(C2CC2)C1. The summed E-state index contributed by atoms with van der Waals surface area (Å²) in [6, 6.07) is 1.05. The summed E-state index contributed by atoms with van der Waals surface area (Å²) in [6.45, 7) is 8.00. The molecule has 3 fully saturated rings. The summed E-state index contributed by atoms with van der Waals surface area (Å²) in [5.41, 5.74) is -0.414. The monoisotopic (exact) mass is 294 g/mol. The zero-order valence-electron chi connectivity index (χ0n) is 13.7. The minimum atomic E-state index is -0.414. The third-order valence-corrected chi connectivity index (χ3v) is 4.71. The highest BCUT2D eigenvalue weighted by Gasteiger charge is 2.38. The number of hydrogen-bond donors (Lipinski definition) is 1. The van der Waals surface area contributed by atoms with Gasteiger partial charge in [0.2, 0.25) is 0 Å². The Bertz CT molecular complexity index is 383. The van der Waals surface area contributed by atoms with Crippen molar-refractivity contribution in [2.45, 2.75) is 77.0 Å². The minimum Gasteiger partial charge on any atom is -0.444 e. The first-order chi connectivity index (χ1) is 9.89. The summed E-state index contributed by atoms with van der Waals surface area (Å²) in [5.74, 6) is 1.73. The van der Waals surface area contributed by atoms with E-state index in [4.69, 9.17) is 4.74 Å². The molecular weight excluding hydrogens is 264 g/mol. The first kappa shape index (κ1) is 15.1. The fourth-order valence-corrected chi connectivity index (χ4v) is 3.55. The minimum absolute atomic E-state index is 0.254. The van der Waals surface area contributed by atoms with Crippen LogP contribution in [0, 0.1) is 11.8 Å². The fourth-order valence-electron chi connectivity index (χ4n) is 3.55. The largest absolute Gasteiger partial charge is 0.444 e. The summed E-state index contributed by atoms with van der Waals surface area (Å²) in [6.07, 6.45) is 7.75. The van der Waals surface area contributed by atoms with Gasteiger partial charge in [0.15, 0.2) is 0 Å². The number of nitrogens with zero attached hydrogens (tertiary/aromatic N) is 1. The molecule has 21 heavy (non-hydrogen) atoms. The predicted molar refractivity (Wildman–Crippen MR) is 83.2 cm³/mol. The quantitative estimate of drug-likeness (QED) is 0.866. The molecule has 0 spiro atoms. The molecule has 120 valence electrons. The lowest BCUT2D eigenvalue weighted by Gasteiger charge is -2.38. The number of ether oxygens (including phenoxy) is 1. The highest BCUT2D eigenvalue weighted by atomic mass is 16.6. The molecule has 2 saturated carbocycles. The van der Waals surface area contributed by atoms with Gasteiger partial charge in [-0.3, -0.25) is 4.90 Å². The van der Waals surface area contributed by atoms with Crippen molar-refractivity contribution in [1.29, 1.82) is 0 Å². The number of piperidine rings is 1. The Morgan fingerprint density at radius 1 is 1.14 bits per heavy atom. The molecule has 1 heterocycles. The lowest BCUT2D eigenvalue weighted by atomic mass is 9.89. The smallest absolute Gasteiger partial charge is 0.407 e. The molecule has 0 aromatic carbocycles. The standard InChI is InChI=1S/C17H30N2O2/c1-17(2,3)21-16(20)18-14-9-13(8-12-4-5-12)10-19(11-14)15-6-7-15/h12-15H,4-11H2,1-3H3,(H,18,20). The number of likely N-dealkylation sites (tertiary alicyclic amines) is 1. The second-order valence-electron chi connectivity index (χ2n) is 8.31. The van der Waals surface area contributed by atoms with Crippen molar-refractivity contribution >= 4 is 6.09 Å². The predicted octanol–water partition coefficient (Wildman–Crippen LogP) is 3.16. The van der Waals surface area contributed by atoms with Gasteiger partial charge in [-0.05, 0) is 58.3 Å². The average Bonchev–Trinajstić information content (AvgIpc) is 3.21. The highest BCUT2D eigenvalue weighted by molar-refractivity contribution is 5.68. The summed E-state index contributed by atoms with van der Waals surface area (Å²) in [5, 5.41) is 3.11. The Kier molecular flexibility index (Phi) is 4.17. The lowest BCUT2D eigenvalue weighted by Crippen LogP contribution is -2.52. The van der Waals surface area contributed by atoms with E-state index < -0.39 is 5.60 Å². The molecule has 1 saturated heterocycles. The maximum absolute atomic E-state index is 12.0. The summed E-state index contributed by atoms with van der Waals surface area (Å²) >= 11 is 0. The van der Waals surface area contributed by atoms with Gasteiger partial charge in [-0.1, -0.05) is 12.8 Å². The lowest BCUT2D eigenvalue weighted by molar-refractivity contribution is 0.0438. The van der Waals surface area contributed by atoms with E-state index in [1.165, 1.54) is 38.6 Å². The van der Waals surface area contributed by atoms with Crippen LogP contribution < -0.4 is 5.32 Å². The second-order valence-corrected chi connectivity index (χ2v) is 8.31. The van der Waals surface area contributed by atoms with E-state index in [9.17, 15) is 4.79 Å². The van der Waals surface area contributed by atoms with E-state index in [1.54, 1.807) is 0 Å². The topological polar surface area (TPSA) is 41.6 Å². The third-order valence-electron chi connectivity index (χ3n) is 4.71. The summed E-state index contributed by atoms with van der Waals surface area (Å²) in [7, 11) is 0. The molecule has 1 aliphatic heterocycles. The van der Waals surface area contributed by atoms with Crippen molar-refractivity contribution in [3.05, 3.63) is 0 Å². The van der Waals surface area contributed by atoms with Crippen molar-refractivity contribution in [2.75, 3.05) is 13.1 Å². The van der Waals surface area contributed by atoms with Crippen LogP contribution in [0.5, 0.6) is 0 Å². The molecule has 0 radical (unpaired) electrons. The Balaban J connectivity index is 1.53. The number of carbonyl (C=O) groups excluding carboxylic acids is 1. The van der Waals surface area contributed by atoms with Gasteiger partial charge >= 0.3 is 6.09 Å². The van der Waals surface area contributed by atoms with Crippen LogP contribution in [0.1, 0.15) is 59.3 Å². The number of carbonyl (C=O) groups is 1. The first-order valence-corrected chi connectivity index (χ1v) is 8.62. The van der Waals surface area contributed by atoms with Crippen LogP contribution in [0.3, 0.4) is 0 Å². The van der Waals surface area contributed by atoms with Crippen LogP contribution in [0.4, 0.5) is 4.79 Å². The molecule has 2 atom stereocenters. The Labute approximate surface area is 128 Å². The molecule has 3 aliphatic rings. The summed E-state index contributed by atoms with van der Waals surface area (Å²) < 4.78 is 5.41. The van der Waals surface area contributed by atoms with Crippen molar-refractivity contribution in [3.63, 3.8) is 0 Å². The Morgan fingerprint density at radius 3 is 2.43 bits per heavy atom. The molecule has 1 amide bonds. The molecule has 0 aromatic heterocycles. The normalized spacial score (nSPS) is 31.0. The van der Waals surface area contributed by atoms with Crippen molar-refractivity contribution in [3.8, 4) is 0 Å². The van der Waals surface area contributed by atoms with Crippen LogP contribution in [-0.2, 0) is 4.74 Å². The van der Waals surface area contributed by atoms with E-state index in [0.29, 0.717) is 0 Å². The number of nitrogens with one attached hydrogen (secondary N) is 1. The van der Waals surface area contributed by atoms with E-state index >= 15 is 0 Å². The number of amides is 1. The van der Waals surface area contributed by atoms with Gasteiger partial charge in [0, 0.05) is 25.2 Å². The molecule has 1 N–H and O–H groups in total. The molecule has 3 rings (SSSR count). The number of hydrogen-bond acceptors (Lipinski definition) is 3. The van der Waals surface area contributed by atoms with Crippen LogP contribution >= 0.6 is 0 Å². The molecule has 4 heteroatoms. The highest BCUT2D eigenvalue weighted by Crippen LogP contribution is 2.39.